The number of allylic oxidation sites excluding steroid dienone is 14. The molecule has 0 spiro atoms. The van der Waals surface area contributed by atoms with Crippen LogP contribution in [0.15, 0.2) is 85.1 Å². The zero-order valence-electron chi connectivity index (χ0n) is 43.4. The smallest absolute Gasteiger partial charge is 0.306 e. The Hall–Kier alpha value is -2.92. The topological polar surface area (TPSA) is 72.8 Å². The number of hydrogen-bond donors (Lipinski definition) is 1. The minimum atomic E-state index is -0.787. The summed E-state index contributed by atoms with van der Waals surface area (Å²) in [6.07, 6.45) is 78.4. The number of aliphatic hydroxyl groups is 1. The van der Waals surface area contributed by atoms with Crippen molar-refractivity contribution in [3.05, 3.63) is 85.1 Å². The molecule has 0 bridgehead atoms. The van der Waals surface area contributed by atoms with Gasteiger partial charge < -0.3 is 14.6 Å². The molecular weight excluding hydrogens is 813 g/mol. The van der Waals surface area contributed by atoms with Crippen LogP contribution in [0.4, 0.5) is 0 Å². The fourth-order valence-corrected chi connectivity index (χ4v) is 7.97. The number of aliphatic hydroxyl groups excluding tert-OH is 1. The van der Waals surface area contributed by atoms with Crippen molar-refractivity contribution in [3.63, 3.8) is 0 Å². The van der Waals surface area contributed by atoms with Crippen molar-refractivity contribution < 1.29 is 24.2 Å². The number of unbranched alkanes of at least 4 members (excludes halogenated alkanes) is 29. The van der Waals surface area contributed by atoms with Gasteiger partial charge in [-0.1, -0.05) is 253 Å². The molecule has 0 rings (SSSR count). The summed E-state index contributed by atoms with van der Waals surface area (Å²) >= 11 is 0. The Morgan fingerprint density at radius 2 is 0.652 bits per heavy atom. The Bertz CT molecular complexity index is 1220. The maximum atomic E-state index is 12.3. The van der Waals surface area contributed by atoms with Gasteiger partial charge in [0.15, 0.2) is 6.10 Å². The van der Waals surface area contributed by atoms with E-state index in [1.807, 2.05) is 0 Å². The fourth-order valence-electron chi connectivity index (χ4n) is 7.97. The molecule has 0 aliphatic carbocycles. The van der Waals surface area contributed by atoms with Crippen LogP contribution >= 0.6 is 0 Å². The van der Waals surface area contributed by atoms with E-state index in [1.165, 1.54) is 148 Å². The van der Waals surface area contributed by atoms with E-state index >= 15 is 0 Å². The highest BCUT2D eigenvalue weighted by atomic mass is 16.6. The van der Waals surface area contributed by atoms with Gasteiger partial charge in [-0.3, -0.25) is 9.59 Å². The van der Waals surface area contributed by atoms with Crippen molar-refractivity contribution in [3.8, 4) is 0 Å². The first-order chi connectivity index (χ1) is 32.6. The van der Waals surface area contributed by atoms with Gasteiger partial charge in [0.2, 0.25) is 0 Å². The van der Waals surface area contributed by atoms with E-state index in [-0.39, 0.29) is 25.2 Å². The first-order valence-corrected chi connectivity index (χ1v) is 28.1. The summed E-state index contributed by atoms with van der Waals surface area (Å²) in [7, 11) is 0. The summed E-state index contributed by atoms with van der Waals surface area (Å²) in [6, 6.07) is 0. The predicted octanol–water partition coefficient (Wildman–Crippen LogP) is 19.0. The predicted molar refractivity (Wildman–Crippen MR) is 288 cm³/mol. The highest BCUT2D eigenvalue weighted by Crippen LogP contribution is 2.16. The van der Waals surface area contributed by atoms with Crippen LogP contribution in [-0.4, -0.2) is 36.4 Å². The van der Waals surface area contributed by atoms with Crippen LogP contribution < -0.4 is 0 Å². The highest BCUT2D eigenvalue weighted by molar-refractivity contribution is 5.70. The van der Waals surface area contributed by atoms with E-state index in [9.17, 15) is 14.7 Å². The summed E-state index contributed by atoms with van der Waals surface area (Å²) in [5.74, 6) is -0.608. The number of ether oxygens (including phenoxy) is 2. The maximum absolute atomic E-state index is 12.3. The Morgan fingerprint density at radius 1 is 0.364 bits per heavy atom. The van der Waals surface area contributed by atoms with E-state index in [0.29, 0.717) is 12.8 Å². The molecule has 0 amide bonds. The summed E-state index contributed by atoms with van der Waals surface area (Å²) < 4.78 is 10.7. The largest absolute Gasteiger partial charge is 0.462 e. The van der Waals surface area contributed by atoms with Crippen molar-refractivity contribution in [1.82, 2.24) is 0 Å². The number of hydrogen-bond acceptors (Lipinski definition) is 5. The van der Waals surface area contributed by atoms with Gasteiger partial charge in [-0.2, -0.15) is 0 Å². The Morgan fingerprint density at radius 3 is 0.985 bits per heavy atom. The Balaban J connectivity index is 3.49. The molecule has 5 nitrogen and oxygen atoms in total. The molecule has 1 atom stereocenters. The van der Waals surface area contributed by atoms with Crippen LogP contribution in [0.2, 0.25) is 0 Å². The lowest BCUT2D eigenvalue weighted by atomic mass is 10.0. The second-order valence-corrected chi connectivity index (χ2v) is 18.6. The van der Waals surface area contributed by atoms with Crippen molar-refractivity contribution in [1.29, 1.82) is 0 Å². The van der Waals surface area contributed by atoms with E-state index in [1.54, 1.807) is 0 Å². The molecule has 0 aromatic carbocycles. The first kappa shape index (κ1) is 63.1. The lowest BCUT2D eigenvalue weighted by Crippen LogP contribution is -2.28. The molecule has 1 N–H and O–H groups in total. The van der Waals surface area contributed by atoms with Crippen LogP contribution in [0.3, 0.4) is 0 Å². The summed E-state index contributed by atoms with van der Waals surface area (Å²) in [5.41, 5.74) is 0. The van der Waals surface area contributed by atoms with Crippen molar-refractivity contribution in [2.75, 3.05) is 13.2 Å². The molecule has 1 unspecified atom stereocenters. The third-order valence-corrected chi connectivity index (χ3v) is 12.2. The Labute approximate surface area is 409 Å². The monoisotopic (exact) mass is 919 g/mol. The minimum absolute atomic E-state index is 0.0757. The second-order valence-electron chi connectivity index (χ2n) is 18.6. The lowest BCUT2D eigenvalue weighted by molar-refractivity contribution is -0.161. The van der Waals surface area contributed by atoms with Crippen LogP contribution in [0, 0.1) is 0 Å². The molecule has 0 heterocycles. The van der Waals surface area contributed by atoms with E-state index in [4.69, 9.17) is 9.47 Å². The molecule has 0 fully saturated rings. The molecule has 380 valence electrons. The highest BCUT2D eigenvalue weighted by Gasteiger charge is 2.16. The summed E-state index contributed by atoms with van der Waals surface area (Å²) in [5, 5.41) is 9.64. The third kappa shape index (κ3) is 53.7. The molecule has 5 heteroatoms. The van der Waals surface area contributed by atoms with Gasteiger partial charge in [0, 0.05) is 12.8 Å². The van der Waals surface area contributed by atoms with Gasteiger partial charge in [0.25, 0.3) is 0 Å². The molecule has 0 aromatic heterocycles. The number of carbonyl (C=O) groups is 2. The van der Waals surface area contributed by atoms with E-state index in [0.717, 1.165) is 96.3 Å². The Kier molecular flexibility index (Phi) is 53.9. The van der Waals surface area contributed by atoms with Crippen molar-refractivity contribution in [2.24, 2.45) is 0 Å². The van der Waals surface area contributed by atoms with Gasteiger partial charge in [-0.25, -0.2) is 0 Å². The quantitative estimate of drug-likeness (QED) is 0.0374. The lowest BCUT2D eigenvalue weighted by Gasteiger charge is -2.15. The molecule has 0 saturated heterocycles. The van der Waals surface area contributed by atoms with Crippen molar-refractivity contribution >= 4 is 11.9 Å². The van der Waals surface area contributed by atoms with Gasteiger partial charge in [-0.05, 0) is 89.9 Å². The van der Waals surface area contributed by atoms with E-state index < -0.39 is 6.10 Å². The molecule has 0 saturated carbocycles. The van der Waals surface area contributed by atoms with Gasteiger partial charge in [0.1, 0.15) is 6.61 Å². The molecule has 0 aromatic rings. The summed E-state index contributed by atoms with van der Waals surface area (Å²) in [6.45, 7) is 4.02. The zero-order valence-corrected chi connectivity index (χ0v) is 43.4. The van der Waals surface area contributed by atoms with Crippen molar-refractivity contribution in [2.45, 2.75) is 277 Å². The summed E-state index contributed by atoms with van der Waals surface area (Å²) in [4.78, 5) is 24.5. The fraction of sp³-hybridized carbons (Fsp3) is 0.738. The average Bonchev–Trinajstić information content (AvgIpc) is 3.32. The average molecular weight is 920 g/mol. The molecule has 0 radical (unpaired) electrons. The molecule has 0 aliphatic heterocycles. The number of esters is 2. The van der Waals surface area contributed by atoms with Crippen LogP contribution in [0.5, 0.6) is 0 Å². The molecule has 0 aliphatic rings. The third-order valence-electron chi connectivity index (χ3n) is 12.2. The maximum Gasteiger partial charge on any atom is 0.306 e. The van der Waals surface area contributed by atoms with Crippen LogP contribution in [-0.2, 0) is 19.1 Å². The van der Waals surface area contributed by atoms with Crippen LogP contribution in [0.25, 0.3) is 0 Å². The SMILES string of the molecule is CC/C=C\C/C=C\C/C=C\C/C=C\C/C=C\CCCCCCCC(=O)OC(CO)COC(=O)CCCCCCCCCCCCCCCCCCCCC/C=C\C/C=C\CCCCCCC. The number of rotatable bonds is 51. The zero-order chi connectivity index (χ0) is 47.7. The van der Waals surface area contributed by atoms with Gasteiger partial charge in [-0.15, -0.1) is 0 Å². The van der Waals surface area contributed by atoms with Gasteiger partial charge in [0.05, 0.1) is 6.61 Å². The number of carbonyl (C=O) groups excluding carboxylic acids is 2. The first-order valence-electron chi connectivity index (χ1n) is 28.1. The molecular formula is C61H106O5. The second kappa shape index (κ2) is 56.4. The normalized spacial score (nSPS) is 12.8. The van der Waals surface area contributed by atoms with E-state index in [2.05, 4.69) is 98.9 Å². The minimum Gasteiger partial charge on any atom is -0.462 e. The van der Waals surface area contributed by atoms with Crippen LogP contribution in [0.1, 0.15) is 271 Å². The van der Waals surface area contributed by atoms with Gasteiger partial charge >= 0.3 is 11.9 Å². The standard InChI is InChI=1S/C61H106O5/c1-3-5-7-9-11-13-15-17-19-21-23-25-26-27-28-29-30-31-32-33-34-36-37-39-41-43-45-47-49-51-53-55-60(63)65-58-59(57-62)66-61(64)56-54-52-50-48-46-44-42-40-38-35-24-22-20-18-16-14-12-10-8-6-4-2/h6,8,12,14-15,17-18,20-21,23-24,35,40,42,59,62H,3-5,7,9-11,13,16,19,22,25-34,36-39,41,43-58H2,1-2H3/b8-6-,14-12-,17-15-,20-18-,23-21-,35-24-,42-40-. The molecule has 66 heavy (non-hydrogen) atoms.